The van der Waals surface area contributed by atoms with Crippen LogP contribution in [0.2, 0.25) is 0 Å². The van der Waals surface area contributed by atoms with Gasteiger partial charge in [-0.15, -0.1) is 0 Å². The van der Waals surface area contributed by atoms with E-state index in [1.54, 1.807) is 0 Å². The van der Waals surface area contributed by atoms with Gasteiger partial charge in [0, 0.05) is 12.6 Å². The summed E-state index contributed by atoms with van der Waals surface area (Å²) in [6, 6.07) is 27.9. The molecule has 0 radical (unpaired) electrons. The summed E-state index contributed by atoms with van der Waals surface area (Å²) >= 11 is 0. The Hall–Kier alpha value is -2.62. The van der Waals surface area contributed by atoms with E-state index < -0.39 is 6.10 Å². The molecule has 0 aliphatic rings. The van der Waals surface area contributed by atoms with Crippen LogP contribution in [0.1, 0.15) is 29.7 Å². The van der Waals surface area contributed by atoms with Crippen LogP contribution in [0.4, 0.5) is 0 Å². The Morgan fingerprint density at radius 2 is 1.50 bits per heavy atom. The average molecular weight is 347 g/mol. The van der Waals surface area contributed by atoms with Crippen molar-refractivity contribution in [2.75, 3.05) is 0 Å². The maximum absolute atomic E-state index is 10.4. The maximum Gasteiger partial charge on any atom is 0.120 e. The van der Waals surface area contributed by atoms with Crippen molar-refractivity contribution >= 4 is 0 Å². The van der Waals surface area contributed by atoms with Crippen molar-refractivity contribution in [3.05, 3.63) is 102 Å². The van der Waals surface area contributed by atoms with Crippen LogP contribution in [0.5, 0.6) is 5.75 Å². The van der Waals surface area contributed by atoms with Gasteiger partial charge < -0.3 is 15.2 Å². The first kappa shape index (κ1) is 18.2. The summed E-state index contributed by atoms with van der Waals surface area (Å²) in [7, 11) is 0. The fourth-order valence-corrected chi connectivity index (χ4v) is 2.82. The summed E-state index contributed by atoms with van der Waals surface area (Å²) in [6.07, 6.45) is -0.534. The van der Waals surface area contributed by atoms with Gasteiger partial charge in [0.05, 0.1) is 6.10 Å². The third kappa shape index (κ3) is 5.19. The molecule has 0 fully saturated rings. The van der Waals surface area contributed by atoms with Gasteiger partial charge >= 0.3 is 0 Å². The molecule has 0 saturated heterocycles. The first-order valence-electron chi connectivity index (χ1n) is 8.94. The Bertz CT molecular complexity index is 790. The molecule has 0 aliphatic carbocycles. The second-order valence-electron chi connectivity index (χ2n) is 6.45. The Morgan fingerprint density at radius 1 is 0.846 bits per heavy atom. The van der Waals surface area contributed by atoms with Crippen LogP contribution >= 0.6 is 0 Å². The molecule has 3 aromatic carbocycles. The zero-order valence-electron chi connectivity index (χ0n) is 15.0. The lowest BCUT2D eigenvalue weighted by Crippen LogP contribution is -2.31. The molecule has 0 saturated carbocycles. The highest BCUT2D eigenvalue weighted by atomic mass is 16.5. The summed E-state index contributed by atoms with van der Waals surface area (Å²) < 4.78 is 5.88. The van der Waals surface area contributed by atoms with Gasteiger partial charge in [-0.1, -0.05) is 72.8 Å². The van der Waals surface area contributed by atoms with Crippen LogP contribution in [0.3, 0.4) is 0 Å². The minimum Gasteiger partial charge on any atom is -0.489 e. The number of ether oxygens (including phenoxy) is 1. The van der Waals surface area contributed by atoms with Crippen LogP contribution in [0.15, 0.2) is 84.9 Å². The van der Waals surface area contributed by atoms with E-state index in [1.807, 2.05) is 73.7 Å². The predicted octanol–water partition coefficient (Wildman–Crippen LogP) is 4.48. The molecule has 2 atom stereocenters. The molecule has 0 spiro atoms. The van der Waals surface area contributed by atoms with E-state index >= 15 is 0 Å². The molecule has 134 valence electrons. The standard InChI is InChI=1S/C23H25NO2/c1-18(23(25)21-12-6-3-7-13-21)24-16-20-11-8-14-22(15-20)26-17-19-9-4-2-5-10-19/h2-15,18,23-25H,16-17H2,1H3/t18-,23-/m0/s1. The van der Waals surface area contributed by atoms with Gasteiger partial charge in [-0.05, 0) is 35.7 Å². The monoisotopic (exact) mass is 347 g/mol. The molecular weight excluding hydrogens is 322 g/mol. The lowest BCUT2D eigenvalue weighted by atomic mass is 10.0. The fraction of sp³-hybridized carbons (Fsp3) is 0.217. The van der Waals surface area contributed by atoms with Gasteiger partial charge in [0.15, 0.2) is 0 Å². The SMILES string of the molecule is C[C@H](NCc1cccc(OCc2ccccc2)c1)[C@H](O)c1ccccc1. The summed E-state index contributed by atoms with van der Waals surface area (Å²) in [5.41, 5.74) is 3.20. The molecule has 2 N–H and O–H groups in total. The Balaban J connectivity index is 1.53. The maximum atomic E-state index is 10.4. The van der Waals surface area contributed by atoms with Gasteiger partial charge in [0.2, 0.25) is 0 Å². The smallest absolute Gasteiger partial charge is 0.120 e. The van der Waals surface area contributed by atoms with Crippen molar-refractivity contribution < 1.29 is 9.84 Å². The molecule has 0 aromatic heterocycles. The normalized spacial score (nSPS) is 13.2. The molecule has 3 aromatic rings. The van der Waals surface area contributed by atoms with Gasteiger partial charge in [-0.2, -0.15) is 0 Å². The van der Waals surface area contributed by atoms with E-state index in [0.29, 0.717) is 13.2 Å². The first-order valence-corrected chi connectivity index (χ1v) is 8.94. The van der Waals surface area contributed by atoms with Crippen LogP contribution in [-0.4, -0.2) is 11.1 Å². The quantitative estimate of drug-likeness (QED) is 0.631. The molecule has 0 unspecified atom stereocenters. The number of hydrogen-bond donors (Lipinski definition) is 2. The third-order valence-corrected chi connectivity index (χ3v) is 4.39. The van der Waals surface area contributed by atoms with Crippen LogP contribution in [-0.2, 0) is 13.2 Å². The van der Waals surface area contributed by atoms with E-state index in [-0.39, 0.29) is 6.04 Å². The highest BCUT2D eigenvalue weighted by Gasteiger charge is 2.15. The Morgan fingerprint density at radius 3 is 2.23 bits per heavy atom. The van der Waals surface area contributed by atoms with Crippen LogP contribution in [0.25, 0.3) is 0 Å². The van der Waals surface area contributed by atoms with Crippen molar-refractivity contribution in [2.45, 2.75) is 32.2 Å². The second-order valence-corrected chi connectivity index (χ2v) is 6.45. The molecule has 0 heterocycles. The zero-order chi connectivity index (χ0) is 18.2. The predicted molar refractivity (Wildman–Crippen MR) is 105 cm³/mol. The van der Waals surface area contributed by atoms with Crippen molar-refractivity contribution in [3.63, 3.8) is 0 Å². The Labute approximate surface area is 155 Å². The van der Waals surface area contributed by atoms with Crippen LogP contribution < -0.4 is 10.1 Å². The average Bonchev–Trinajstić information content (AvgIpc) is 2.71. The summed E-state index contributed by atoms with van der Waals surface area (Å²) in [5.74, 6) is 0.851. The molecule has 3 heteroatoms. The second kappa shape index (κ2) is 9.18. The highest BCUT2D eigenvalue weighted by Crippen LogP contribution is 2.18. The first-order chi connectivity index (χ1) is 12.7. The zero-order valence-corrected chi connectivity index (χ0v) is 15.0. The summed E-state index contributed by atoms with van der Waals surface area (Å²) in [5, 5.41) is 13.8. The molecular formula is C23H25NO2. The Kier molecular flexibility index (Phi) is 6.42. The van der Waals surface area contributed by atoms with E-state index in [1.165, 1.54) is 0 Å². The number of aliphatic hydroxyl groups excluding tert-OH is 1. The molecule has 3 nitrogen and oxygen atoms in total. The minimum atomic E-state index is -0.534. The van der Waals surface area contributed by atoms with Gasteiger partial charge in [0.1, 0.15) is 12.4 Å². The van der Waals surface area contributed by atoms with Gasteiger partial charge in [0.25, 0.3) is 0 Å². The minimum absolute atomic E-state index is 0.0497. The number of benzene rings is 3. The van der Waals surface area contributed by atoms with E-state index in [0.717, 1.165) is 22.4 Å². The lowest BCUT2D eigenvalue weighted by molar-refractivity contribution is 0.135. The number of aliphatic hydroxyl groups is 1. The van der Waals surface area contributed by atoms with Crippen molar-refractivity contribution in [1.82, 2.24) is 5.32 Å². The largest absolute Gasteiger partial charge is 0.489 e. The number of nitrogens with one attached hydrogen (secondary N) is 1. The number of hydrogen-bond acceptors (Lipinski definition) is 3. The van der Waals surface area contributed by atoms with Crippen LogP contribution in [0, 0.1) is 0 Å². The highest BCUT2D eigenvalue weighted by molar-refractivity contribution is 5.29. The summed E-state index contributed by atoms with van der Waals surface area (Å²) in [6.45, 7) is 3.22. The fourth-order valence-electron chi connectivity index (χ4n) is 2.82. The van der Waals surface area contributed by atoms with Crippen molar-refractivity contribution in [2.24, 2.45) is 0 Å². The third-order valence-electron chi connectivity index (χ3n) is 4.39. The number of rotatable bonds is 8. The summed E-state index contributed by atoms with van der Waals surface area (Å²) in [4.78, 5) is 0. The van der Waals surface area contributed by atoms with E-state index in [4.69, 9.17) is 4.74 Å². The molecule has 0 bridgehead atoms. The lowest BCUT2D eigenvalue weighted by Gasteiger charge is -2.21. The van der Waals surface area contributed by atoms with E-state index in [9.17, 15) is 5.11 Å². The molecule has 0 aliphatic heterocycles. The molecule has 26 heavy (non-hydrogen) atoms. The van der Waals surface area contributed by atoms with Gasteiger partial charge in [-0.25, -0.2) is 0 Å². The van der Waals surface area contributed by atoms with Crippen molar-refractivity contribution in [1.29, 1.82) is 0 Å². The molecule has 3 rings (SSSR count). The molecule has 0 amide bonds. The van der Waals surface area contributed by atoms with E-state index in [2.05, 4.69) is 23.5 Å². The van der Waals surface area contributed by atoms with Gasteiger partial charge in [-0.3, -0.25) is 0 Å². The van der Waals surface area contributed by atoms with Crippen molar-refractivity contribution in [3.8, 4) is 5.75 Å². The topological polar surface area (TPSA) is 41.5 Å².